The van der Waals surface area contributed by atoms with Gasteiger partial charge in [-0.1, -0.05) is 30.7 Å². The van der Waals surface area contributed by atoms with Crippen molar-refractivity contribution in [3.05, 3.63) is 52.7 Å². The maximum absolute atomic E-state index is 9.98. The van der Waals surface area contributed by atoms with E-state index in [1.54, 1.807) is 18.3 Å². The molecule has 0 saturated carbocycles. The maximum atomic E-state index is 9.98. The smallest absolute Gasteiger partial charge is 0.208 e. The summed E-state index contributed by atoms with van der Waals surface area (Å²) in [6.07, 6.45) is 1.99. The summed E-state index contributed by atoms with van der Waals surface area (Å²) in [5, 5.41) is 13.8. The van der Waals surface area contributed by atoms with Gasteiger partial charge in [-0.15, -0.1) is 0 Å². The quantitative estimate of drug-likeness (QED) is 0.854. The average Bonchev–Trinajstić information content (AvgIpc) is 2.87. The van der Waals surface area contributed by atoms with Crippen molar-refractivity contribution in [1.29, 1.82) is 0 Å². The molecule has 0 radical (unpaired) electrons. The van der Waals surface area contributed by atoms with Gasteiger partial charge in [0.05, 0.1) is 18.8 Å². The van der Waals surface area contributed by atoms with Crippen molar-refractivity contribution in [2.45, 2.75) is 26.0 Å². The Bertz CT molecular complexity index is 510. The van der Waals surface area contributed by atoms with E-state index in [1.807, 2.05) is 19.1 Å². The molecular formula is C14H17ClN2O2. The number of benzene rings is 1. The van der Waals surface area contributed by atoms with E-state index in [9.17, 15) is 5.11 Å². The highest BCUT2D eigenvalue weighted by atomic mass is 35.5. The highest BCUT2D eigenvalue weighted by molar-refractivity contribution is 6.30. The topological polar surface area (TPSA) is 58.3 Å². The number of aromatic nitrogens is 1. The molecule has 4 nitrogen and oxygen atoms in total. The number of halogens is 1. The van der Waals surface area contributed by atoms with Crippen molar-refractivity contribution in [2.24, 2.45) is 0 Å². The van der Waals surface area contributed by atoms with Crippen LogP contribution in [-0.4, -0.2) is 16.6 Å². The number of oxazole rings is 1. The van der Waals surface area contributed by atoms with E-state index in [0.29, 0.717) is 24.0 Å². The summed E-state index contributed by atoms with van der Waals surface area (Å²) in [6.45, 7) is 2.96. The number of hydrogen-bond acceptors (Lipinski definition) is 4. The van der Waals surface area contributed by atoms with E-state index < -0.39 is 6.10 Å². The van der Waals surface area contributed by atoms with Crippen molar-refractivity contribution in [2.75, 3.05) is 6.54 Å². The van der Waals surface area contributed by atoms with Crippen molar-refractivity contribution in [3.63, 3.8) is 0 Å². The second-order valence-electron chi connectivity index (χ2n) is 4.27. The fourth-order valence-corrected chi connectivity index (χ4v) is 1.84. The molecule has 1 aromatic carbocycles. The molecule has 19 heavy (non-hydrogen) atoms. The van der Waals surface area contributed by atoms with Gasteiger partial charge in [0.1, 0.15) is 5.76 Å². The Hall–Kier alpha value is -1.36. The van der Waals surface area contributed by atoms with Gasteiger partial charge in [-0.2, -0.15) is 0 Å². The molecule has 2 rings (SSSR count). The van der Waals surface area contributed by atoms with E-state index in [1.165, 1.54) is 0 Å². The van der Waals surface area contributed by atoms with Crippen LogP contribution in [0, 0.1) is 0 Å². The maximum Gasteiger partial charge on any atom is 0.208 e. The second-order valence-corrected chi connectivity index (χ2v) is 4.71. The van der Waals surface area contributed by atoms with E-state index in [2.05, 4.69) is 10.3 Å². The summed E-state index contributed by atoms with van der Waals surface area (Å²) in [5.41, 5.74) is 0.832. The fourth-order valence-electron chi connectivity index (χ4n) is 1.71. The van der Waals surface area contributed by atoms with Crippen LogP contribution in [0.4, 0.5) is 0 Å². The fraction of sp³-hybridized carbons (Fsp3) is 0.357. The standard InChI is InChI=1S/C14H17ClN2O2/c1-2-12-7-17-14(19-12)9-16-8-13(18)10-3-5-11(15)6-4-10/h3-7,13,16,18H,2,8-9H2,1H3. The van der Waals surface area contributed by atoms with Crippen LogP contribution in [0.1, 0.15) is 30.2 Å². The van der Waals surface area contributed by atoms with Gasteiger partial charge >= 0.3 is 0 Å². The molecule has 1 atom stereocenters. The number of aliphatic hydroxyl groups excluding tert-OH is 1. The normalized spacial score (nSPS) is 12.6. The summed E-state index contributed by atoms with van der Waals surface area (Å²) < 4.78 is 5.46. The van der Waals surface area contributed by atoms with Gasteiger partial charge in [0.15, 0.2) is 0 Å². The average molecular weight is 281 g/mol. The third kappa shape index (κ3) is 4.06. The highest BCUT2D eigenvalue weighted by Gasteiger charge is 2.08. The van der Waals surface area contributed by atoms with Crippen LogP contribution < -0.4 is 5.32 Å². The van der Waals surface area contributed by atoms with E-state index >= 15 is 0 Å². The molecule has 0 aliphatic rings. The summed E-state index contributed by atoms with van der Waals surface area (Å²) in [4.78, 5) is 4.14. The number of nitrogens with one attached hydrogen (secondary N) is 1. The molecule has 0 spiro atoms. The molecule has 1 aromatic heterocycles. The Morgan fingerprint density at radius 3 is 2.74 bits per heavy atom. The van der Waals surface area contributed by atoms with E-state index in [-0.39, 0.29) is 0 Å². The molecule has 2 N–H and O–H groups in total. The Labute approximate surface area is 117 Å². The largest absolute Gasteiger partial charge is 0.444 e. The third-order valence-corrected chi connectivity index (χ3v) is 3.07. The van der Waals surface area contributed by atoms with Gasteiger partial charge < -0.3 is 14.8 Å². The minimum absolute atomic E-state index is 0.436. The SMILES string of the molecule is CCc1cnc(CNCC(O)c2ccc(Cl)cc2)o1. The molecule has 2 aromatic rings. The van der Waals surface area contributed by atoms with Crippen molar-refractivity contribution in [1.82, 2.24) is 10.3 Å². The first kappa shape index (κ1) is 14.1. The minimum Gasteiger partial charge on any atom is -0.444 e. The monoisotopic (exact) mass is 280 g/mol. The molecular weight excluding hydrogens is 264 g/mol. The number of aliphatic hydroxyl groups is 1. The first-order valence-electron chi connectivity index (χ1n) is 6.27. The summed E-state index contributed by atoms with van der Waals surface area (Å²) in [6, 6.07) is 7.16. The van der Waals surface area contributed by atoms with Crippen LogP contribution in [-0.2, 0) is 13.0 Å². The van der Waals surface area contributed by atoms with Crippen molar-refractivity contribution < 1.29 is 9.52 Å². The molecule has 0 aliphatic heterocycles. The lowest BCUT2D eigenvalue weighted by molar-refractivity contribution is 0.173. The van der Waals surface area contributed by atoms with Crippen LogP contribution >= 0.6 is 11.6 Å². The van der Waals surface area contributed by atoms with Gasteiger partial charge in [-0.3, -0.25) is 0 Å². The molecule has 0 fully saturated rings. The molecule has 0 amide bonds. The van der Waals surface area contributed by atoms with Gasteiger partial charge in [0.25, 0.3) is 0 Å². The molecule has 0 saturated heterocycles. The van der Waals surface area contributed by atoms with Gasteiger partial charge in [0.2, 0.25) is 5.89 Å². The Balaban J connectivity index is 1.80. The lowest BCUT2D eigenvalue weighted by atomic mass is 10.1. The van der Waals surface area contributed by atoms with Crippen LogP contribution in [0.2, 0.25) is 5.02 Å². The summed E-state index contributed by atoms with van der Waals surface area (Å²) >= 11 is 5.80. The van der Waals surface area contributed by atoms with E-state index in [0.717, 1.165) is 17.7 Å². The van der Waals surface area contributed by atoms with Gasteiger partial charge in [0, 0.05) is 18.0 Å². The zero-order valence-electron chi connectivity index (χ0n) is 10.8. The third-order valence-electron chi connectivity index (χ3n) is 2.82. The molecule has 1 heterocycles. The molecule has 0 aliphatic carbocycles. The Morgan fingerprint density at radius 2 is 2.11 bits per heavy atom. The first-order chi connectivity index (χ1) is 9.19. The highest BCUT2D eigenvalue weighted by Crippen LogP contribution is 2.15. The number of aryl methyl sites for hydroxylation is 1. The van der Waals surface area contributed by atoms with Gasteiger partial charge in [-0.25, -0.2) is 4.98 Å². The predicted octanol–water partition coefficient (Wildman–Crippen LogP) is 2.71. The molecule has 5 heteroatoms. The predicted molar refractivity (Wildman–Crippen MR) is 74.0 cm³/mol. The van der Waals surface area contributed by atoms with Crippen LogP contribution in [0.5, 0.6) is 0 Å². The van der Waals surface area contributed by atoms with Crippen LogP contribution in [0.25, 0.3) is 0 Å². The van der Waals surface area contributed by atoms with Crippen molar-refractivity contribution in [3.8, 4) is 0 Å². The summed E-state index contributed by atoms with van der Waals surface area (Å²) in [5.74, 6) is 1.51. The Kier molecular flexibility index (Phi) is 4.96. The van der Waals surface area contributed by atoms with Crippen LogP contribution in [0.15, 0.2) is 34.9 Å². The zero-order chi connectivity index (χ0) is 13.7. The minimum atomic E-state index is -0.571. The number of hydrogen-bond donors (Lipinski definition) is 2. The van der Waals surface area contributed by atoms with Crippen LogP contribution in [0.3, 0.4) is 0 Å². The number of nitrogens with zero attached hydrogens (tertiary/aromatic N) is 1. The molecule has 0 bridgehead atoms. The number of rotatable bonds is 6. The van der Waals surface area contributed by atoms with Crippen molar-refractivity contribution >= 4 is 11.6 Å². The molecule has 102 valence electrons. The second kappa shape index (κ2) is 6.70. The van der Waals surface area contributed by atoms with E-state index in [4.69, 9.17) is 16.0 Å². The van der Waals surface area contributed by atoms with Gasteiger partial charge in [-0.05, 0) is 17.7 Å². The zero-order valence-corrected chi connectivity index (χ0v) is 11.5. The lowest BCUT2D eigenvalue weighted by Crippen LogP contribution is -2.21. The Morgan fingerprint density at radius 1 is 1.37 bits per heavy atom. The lowest BCUT2D eigenvalue weighted by Gasteiger charge is -2.11. The summed E-state index contributed by atoms with van der Waals surface area (Å²) in [7, 11) is 0. The first-order valence-corrected chi connectivity index (χ1v) is 6.64. The molecule has 1 unspecified atom stereocenters.